The molecule has 92 valence electrons. The van der Waals surface area contributed by atoms with Crippen molar-refractivity contribution in [1.29, 1.82) is 0 Å². The Hall–Kier alpha value is -0.810. The van der Waals surface area contributed by atoms with Gasteiger partial charge in [-0.2, -0.15) is 0 Å². The summed E-state index contributed by atoms with van der Waals surface area (Å²) in [6.07, 6.45) is 0.412. The summed E-state index contributed by atoms with van der Waals surface area (Å²) in [4.78, 5) is 13.6. The maximum Gasteiger partial charge on any atom is 0.411 e. The molecule has 0 saturated carbocycles. The first-order valence-corrected chi connectivity index (χ1v) is 5.59. The molecule has 16 heavy (non-hydrogen) atoms. The van der Waals surface area contributed by atoms with Crippen LogP contribution in [0, 0.1) is 0 Å². The van der Waals surface area contributed by atoms with Crippen molar-refractivity contribution >= 4 is 6.09 Å². The summed E-state index contributed by atoms with van der Waals surface area (Å²) in [5.41, 5.74) is -1.05. The number of ether oxygens (including phenoxy) is 2. The maximum absolute atomic E-state index is 12.0. The van der Waals surface area contributed by atoms with Crippen LogP contribution in [-0.4, -0.2) is 53.1 Å². The number of hydrogen-bond acceptors (Lipinski definition) is 4. The van der Waals surface area contributed by atoms with Crippen LogP contribution in [-0.2, 0) is 9.47 Å². The fourth-order valence-electron chi connectivity index (χ4n) is 2.30. The van der Waals surface area contributed by atoms with Gasteiger partial charge in [-0.1, -0.05) is 0 Å². The molecule has 2 bridgehead atoms. The van der Waals surface area contributed by atoms with Gasteiger partial charge < -0.3 is 14.6 Å². The first kappa shape index (κ1) is 11.7. The van der Waals surface area contributed by atoms with Crippen LogP contribution in [0.15, 0.2) is 0 Å². The smallest absolute Gasteiger partial charge is 0.411 e. The molecule has 2 rings (SSSR count). The molecule has 2 atom stereocenters. The van der Waals surface area contributed by atoms with Gasteiger partial charge in [0.05, 0.1) is 31.4 Å². The average molecular weight is 229 g/mol. The molecule has 2 aliphatic rings. The molecule has 5 heteroatoms. The van der Waals surface area contributed by atoms with E-state index in [-0.39, 0.29) is 18.8 Å². The van der Waals surface area contributed by atoms with Gasteiger partial charge in [0.2, 0.25) is 0 Å². The third kappa shape index (κ3) is 1.89. The van der Waals surface area contributed by atoms with Crippen molar-refractivity contribution in [2.45, 2.75) is 44.4 Å². The third-order valence-electron chi connectivity index (χ3n) is 3.06. The van der Waals surface area contributed by atoms with E-state index in [0.717, 1.165) is 0 Å². The predicted octanol–water partition coefficient (Wildman–Crippen LogP) is 0.757. The summed E-state index contributed by atoms with van der Waals surface area (Å²) in [5, 5.41) is 9.43. The minimum Gasteiger partial charge on any atom is -0.444 e. The van der Waals surface area contributed by atoms with Crippen molar-refractivity contribution in [3.63, 3.8) is 0 Å². The number of aliphatic hydroxyl groups is 1. The number of carbonyl (C=O) groups is 1. The molecule has 1 amide bonds. The largest absolute Gasteiger partial charge is 0.444 e. The van der Waals surface area contributed by atoms with E-state index in [1.807, 2.05) is 20.8 Å². The second kappa shape index (κ2) is 3.60. The first-order chi connectivity index (χ1) is 7.36. The zero-order chi connectivity index (χ0) is 12.0. The predicted molar refractivity (Wildman–Crippen MR) is 57.1 cm³/mol. The Balaban J connectivity index is 2.08. The highest BCUT2D eigenvalue weighted by Gasteiger charge is 2.54. The van der Waals surface area contributed by atoms with Crippen LogP contribution >= 0.6 is 0 Å². The molecule has 1 unspecified atom stereocenters. The number of rotatable bonds is 1. The van der Waals surface area contributed by atoms with Crippen LogP contribution in [0.2, 0.25) is 0 Å². The van der Waals surface area contributed by atoms with Crippen LogP contribution in [0.4, 0.5) is 4.79 Å². The van der Waals surface area contributed by atoms with Crippen LogP contribution in [0.3, 0.4) is 0 Å². The summed E-state index contributed by atoms with van der Waals surface area (Å²) in [6, 6.07) is 0. The SMILES string of the molecule is CC(C)(C)OC(=O)N1CC2C[C@]1(CO)CO2. The van der Waals surface area contributed by atoms with E-state index in [1.54, 1.807) is 4.90 Å². The summed E-state index contributed by atoms with van der Waals surface area (Å²) in [7, 11) is 0. The van der Waals surface area contributed by atoms with Crippen molar-refractivity contribution < 1.29 is 19.4 Å². The van der Waals surface area contributed by atoms with Gasteiger partial charge in [-0.3, -0.25) is 4.90 Å². The normalized spacial score (nSPS) is 33.2. The Labute approximate surface area is 95.3 Å². The van der Waals surface area contributed by atoms with Gasteiger partial charge in [0.25, 0.3) is 0 Å². The number of nitrogens with zero attached hydrogens (tertiary/aromatic N) is 1. The number of carbonyl (C=O) groups excluding carboxylic acids is 1. The fraction of sp³-hybridized carbons (Fsp3) is 0.909. The first-order valence-electron chi connectivity index (χ1n) is 5.59. The van der Waals surface area contributed by atoms with E-state index < -0.39 is 11.1 Å². The van der Waals surface area contributed by atoms with Crippen molar-refractivity contribution in [3.8, 4) is 0 Å². The van der Waals surface area contributed by atoms with E-state index in [1.165, 1.54) is 0 Å². The van der Waals surface area contributed by atoms with Gasteiger partial charge in [-0.15, -0.1) is 0 Å². The quantitative estimate of drug-likeness (QED) is 0.721. The molecular weight excluding hydrogens is 210 g/mol. The summed E-state index contributed by atoms with van der Waals surface area (Å²) < 4.78 is 10.8. The Bertz CT molecular complexity index is 299. The van der Waals surface area contributed by atoms with E-state index in [0.29, 0.717) is 19.6 Å². The Kier molecular flexibility index (Phi) is 2.62. The standard InChI is InChI=1S/C11H19NO4/c1-10(2,3)16-9(14)12-5-8-4-11(12,6-13)7-15-8/h8,13H,4-7H2,1-3H3/t8?,11-/m0/s1. The molecule has 0 radical (unpaired) electrons. The average Bonchev–Trinajstić information content (AvgIpc) is 2.72. The molecule has 5 nitrogen and oxygen atoms in total. The lowest BCUT2D eigenvalue weighted by Gasteiger charge is -2.37. The van der Waals surface area contributed by atoms with Crippen molar-refractivity contribution in [3.05, 3.63) is 0 Å². The lowest BCUT2D eigenvalue weighted by atomic mass is 10.0. The van der Waals surface area contributed by atoms with Crippen LogP contribution < -0.4 is 0 Å². The number of fused-ring (bicyclic) bond motifs is 2. The van der Waals surface area contributed by atoms with Crippen LogP contribution in [0.25, 0.3) is 0 Å². The molecule has 0 aliphatic carbocycles. The maximum atomic E-state index is 12.0. The Morgan fingerprint density at radius 3 is 2.81 bits per heavy atom. The summed E-state index contributed by atoms with van der Waals surface area (Å²) in [5.74, 6) is 0. The van der Waals surface area contributed by atoms with E-state index >= 15 is 0 Å². The lowest BCUT2D eigenvalue weighted by molar-refractivity contribution is -0.0476. The Morgan fingerprint density at radius 1 is 1.62 bits per heavy atom. The molecule has 2 heterocycles. The van der Waals surface area contributed by atoms with E-state index in [4.69, 9.17) is 9.47 Å². The topological polar surface area (TPSA) is 59.0 Å². The molecule has 2 fully saturated rings. The second-order valence-corrected chi connectivity index (χ2v) is 5.61. The highest BCUT2D eigenvalue weighted by Crippen LogP contribution is 2.38. The summed E-state index contributed by atoms with van der Waals surface area (Å²) in [6.45, 7) is 6.37. The molecule has 0 spiro atoms. The molecule has 2 saturated heterocycles. The lowest BCUT2D eigenvalue weighted by Crippen LogP contribution is -2.55. The Morgan fingerprint density at radius 2 is 2.31 bits per heavy atom. The molecule has 0 aromatic rings. The fourth-order valence-corrected chi connectivity index (χ4v) is 2.30. The third-order valence-corrected chi connectivity index (χ3v) is 3.06. The van der Waals surface area contributed by atoms with Gasteiger partial charge >= 0.3 is 6.09 Å². The highest BCUT2D eigenvalue weighted by molar-refractivity contribution is 5.70. The van der Waals surface area contributed by atoms with Gasteiger partial charge in [-0.25, -0.2) is 4.79 Å². The van der Waals surface area contributed by atoms with Crippen molar-refractivity contribution in [1.82, 2.24) is 4.90 Å². The van der Waals surface area contributed by atoms with Crippen LogP contribution in [0.1, 0.15) is 27.2 Å². The van der Waals surface area contributed by atoms with Crippen molar-refractivity contribution in [2.24, 2.45) is 0 Å². The van der Waals surface area contributed by atoms with E-state index in [9.17, 15) is 9.90 Å². The minimum absolute atomic E-state index is 0.0552. The number of hydrogen-bond donors (Lipinski definition) is 1. The zero-order valence-electron chi connectivity index (χ0n) is 10.0. The van der Waals surface area contributed by atoms with Crippen molar-refractivity contribution in [2.75, 3.05) is 19.8 Å². The van der Waals surface area contributed by atoms with Gasteiger partial charge in [0, 0.05) is 6.42 Å². The monoisotopic (exact) mass is 229 g/mol. The second-order valence-electron chi connectivity index (χ2n) is 5.61. The molecule has 2 aliphatic heterocycles. The zero-order valence-corrected chi connectivity index (χ0v) is 10.0. The van der Waals surface area contributed by atoms with E-state index in [2.05, 4.69) is 0 Å². The van der Waals surface area contributed by atoms with Gasteiger partial charge in [-0.05, 0) is 20.8 Å². The molecular formula is C11H19NO4. The number of likely N-dealkylation sites (tertiary alicyclic amines) is 1. The molecule has 0 aromatic heterocycles. The minimum atomic E-state index is -0.549. The molecule has 0 aromatic carbocycles. The number of amides is 1. The molecule has 1 N–H and O–H groups in total. The summed E-state index contributed by atoms with van der Waals surface area (Å²) >= 11 is 0. The van der Waals surface area contributed by atoms with Crippen LogP contribution in [0.5, 0.6) is 0 Å². The van der Waals surface area contributed by atoms with Gasteiger partial charge in [0.1, 0.15) is 5.60 Å². The highest BCUT2D eigenvalue weighted by atomic mass is 16.6. The van der Waals surface area contributed by atoms with Gasteiger partial charge in [0.15, 0.2) is 0 Å². The number of aliphatic hydroxyl groups excluding tert-OH is 1. The number of morpholine rings is 1.